The van der Waals surface area contributed by atoms with Crippen LogP contribution in [0.5, 0.6) is 0 Å². The van der Waals surface area contributed by atoms with Crippen LogP contribution in [0.2, 0.25) is 0 Å². The highest BCUT2D eigenvalue weighted by atomic mass is 79.9. The first kappa shape index (κ1) is 18.1. The standard InChI is InChI=1S/C17H15BrF2N2O2/c1-10-2-3-11(8-15(10)20)16(23)21-6-7-22-17(24)13-9-12(18)4-5-14(13)19/h2-5,8-9H,6-7H2,1H3,(H,21,23)(H,22,24). The highest BCUT2D eigenvalue weighted by molar-refractivity contribution is 9.10. The first-order valence-corrected chi connectivity index (χ1v) is 7.95. The van der Waals surface area contributed by atoms with Gasteiger partial charge >= 0.3 is 0 Å². The lowest BCUT2D eigenvalue weighted by molar-refractivity contribution is 0.0925. The summed E-state index contributed by atoms with van der Waals surface area (Å²) in [6.45, 7) is 1.86. The molecule has 24 heavy (non-hydrogen) atoms. The van der Waals surface area contributed by atoms with E-state index in [2.05, 4.69) is 26.6 Å². The molecule has 126 valence electrons. The Bertz CT molecular complexity index is 781. The molecule has 0 aliphatic carbocycles. The third-order valence-electron chi connectivity index (χ3n) is 3.30. The maximum Gasteiger partial charge on any atom is 0.254 e. The van der Waals surface area contributed by atoms with Crippen molar-refractivity contribution >= 4 is 27.7 Å². The minimum Gasteiger partial charge on any atom is -0.350 e. The molecule has 7 heteroatoms. The molecule has 0 aromatic heterocycles. The van der Waals surface area contributed by atoms with Gasteiger partial charge in [-0.2, -0.15) is 0 Å². The maximum atomic E-state index is 13.6. The van der Waals surface area contributed by atoms with Crippen LogP contribution < -0.4 is 10.6 Å². The van der Waals surface area contributed by atoms with E-state index in [0.29, 0.717) is 10.0 Å². The Balaban J connectivity index is 1.84. The fourth-order valence-corrected chi connectivity index (χ4v) is 2.32. The van der Waals surface area contributed by atoms with Crippen LogP contribution in [0.1, 0.15) is 26.3 Å². The normalized spacial score (nSPS) is 10.3. The first-order chi connectivity index (χ1) is 11.4. The molecule has 0 aliphatic heterocycles. The number of hydrogen-bond acceptors (Lipinski definition) is 2. The predicted octanol–water partition coefficient (Wildman–Crippen LogP) is 3.20. The number of carbonyl (C=O) groups excluding carboxylic acids is 2. The number of amides is 2. The monoisotopic (exact) mass is 396 g/mol. The SMILES string of the molecule is Cc1ccc(C(=O)NCCNC(=O)c2cc(Br)ccc2F)cc1F. The van der Waals surface area contributed by atoms with Gasteiger partial charge in [-0.25, -0.2) is 8.78 Å². The summed E-state index contributed by atoms with van der Waals surface area (Å²) in [4.78, 5) is 23.7. The molecule has 0 radical (unpaired) electrons. The molecule has 2 aromatic carbocycles. The molecule has 2 amide bonds. The molecule has 0 saturated heterocycles. The molecule has 0 bridgehead atoms. The molecule has 0 fully saturated rings. The molecule has 0 saturated carbocycles. The zero-order chi connectivity index (χ0) is 17.7. The zero-order valence-electron chi connectivity index (χ0n) is 12.8. The number of nitrogens with one attached hydrogen (secondary N) is 2. The van der Waals surface area contributed by atoms with E-state index in [1.807, 2.05) is 0 Å². The van der Waals surface area contributed by atoms with E-state index in [1.165, 1.54) is 30.3 Å². The van der Waals surface area contributed by atoms with Gasteiger partial charge in [0.05, 0.1) is 5.56 Å². The van der Waals surface area contributed by atoms with Gasteiger partial charge in [-0.1, -0.05) is 22.0 Å². The Hall–Kier alpha value is -2.28. The number of hydrogen-bond donors (Lipinski definition) is 2. The highest BCUT2D eigenvalue weighted by Crippen LogP contribution is 2.15. The van der Waals surface area contributed by atoms with Gasteiger partial charge in [-0.15, -0.1) is 0 Å². The third-order valence-corrected chi connectivity index (χ3v) is 3.80. The molecule has 4 nitrogen and oxygen atoms in total. The molecule has 0 atom stereocenters. The van der Waals surface area contributed by atoms with Crippen LogP contribution in [-0.2, 0) is 0 Å². The van der Waals surface area contributed by atoms with Crippen LogP contribution >= 0.6 is 15.9 Å². The summed E-state index contributed by atoms with van der Waals surface area (Å²) in [5.41, 5.74) is 0.564. The van der Waals surface area contributed by atoms with Crippen molar-refractivity contribution in [2.75, 3.05) is 13.1 Å². The highest BCUT2D eigenvalue weighted by Gasteiger charge is 2.12. The predicted molar refractivity (Wildman–Crippen MR) is 89.9 cm³/mol. The lowest BCUT2D eigenvalue weighted by Crippen LogP contribution is -2.35. The Labute approximate surface area is 146 Å². The maximum absolute atomic E-state index is 13.6. The van der Waals surface area contributed by atoms with Crippen LogP contribution in [0.3, 0.4) is 0 Å². The number of rotatable bonds is 5. The first-order valence-electron chi connectivity index (χ1n) is 7.16. The van der Waals surface area contributed by atoms with Gasteiger partial charge in [0, 0.05) is 23.1 Å². The molecule has 2 N–H and O–H groups in total. The van der Waals surface area contributed by atoms with E-state index in [0.717, 1.165) is 6.07 Å². The van der Waals surface area contributed by atoms with E-state index < -0.39 is 23.4 Å². The average molecular weight is 397 g/mol. The van der Waals surface area contributed by atoms with E-state index in [-0.39, 0.29) is 24.2 Å². The van der Waals surface area contributed by atoms with Gasteiger partial charge in [0.15, 0.2) is 0 Å². The van der Waals surface area contributed by atoms with Crippen LogP contribution in [0, 0.1) is 18.6 Å². The van der Waals surface area contributed by atoms with Crippen molar-refractivity contribution < 1.29 is 18.4 Å². The Kier molecular flexibility index (Phi) is 6.03. The number of benzene rings is 2. The second-order valence-electron chi connectivity index (χ2n) is 5.10. The van der Waals surface area contributed by atoms with Crippen LogP contribution in [-0.4, -0.2) is 24.9 Å². The summed E-state index contributed by atoms with van der Waals surface area (Å²) in [5, 5.41) is 5.06. The smallest absolute Gasteiger partial charge is 0.254 e. The van der Waals surface area contributed by atoms with E-state index in [1.54, 1.807) is 6.92 Å². The fourth-order valence-electron chi connectivity index (χ4n) is 1.95. The van der Waals surface area contributed by atoms with Gasteiger partial charge in [0.2, 0.25) is 0 Å². The van der Waals surface area contributed by atoms with Crippen molar-refractivity contribution in [1.29, 1.82) is 0 Å². The third kappa shape index (κ3) is 4.61. The van der Waals surface area contributed by atoms with Gasteiger partial charge in [-0.3, -0.25) is 9.59 Å². The second-order valence-corrected chi connectivity index (χ2v) is 6.02. The molecular formula is C17H15BrF2N2O2. The van der Waals surface area contributed by atoms with Crippen LogP contribution in [0.4, 0.5) is 8.78 Å². The largest absolute Gasteiger partial charge is 0.350 e. The quantitative estimate of drug-likeness (QED) is 0.762. The molecule has 2 rings (SSSR count). The van der Waals surface area contributed by atoms with E-state index >= 15 is 0 Å². The lowest BCUT2D eigenvalue weighted by Gasteiger charge is -2.08. The molecule has 0 aliphatic rings. The van der Waals surface area contributed by atoms with E-state index in [4.69, 9.17) is 0 Å². The fraction of sp³-hybridized carbons (Fsp3) is 0.176. The minimum atomic E-state index is -0.630. The summed E-state index contributed by atoms with van der Waals surface area (Å²) in [6.07, 6.45) is 0. The zero-order valence-corrected chi connectivity index (χ0v) is 14.4. The Morgan fingerprint density at radius 1 is 0.958 bits per heavy atom. The summed E-state index contributed by atoms with van der Waals surface area (Å²) < 4.78 is 27.6. The van der Waals surface area contributed by atoms with Gasteiger partial charge in [-0.05, 0) is 42.8 Å². The topological polar surface area (TPSA) is 58.2 Å². The van der Waals surface area contributed by atoms with E-state index in [9.17, 15) is 18.4 Å². The number of carbonyl (C=O) groups is 2. The lowest BCUT2D eigenvalue weighted by atomic mass is 10.1. The second kappa shape index (κ2) is 8.01. The average Bonchev–Trinajstić information content (AvgIpc) is 2.55. The molecular weight excluding hydrogens is 382 g/mol. The Morgan fingerprint density at radius 3 is 2.29 bits per heavy atom. The summed E-state index contributed by atoms with van der Waals surface area (Å²) in [7, 11) is 0. The molecule has 0 spiro atoms. The number of halogens is 3. The van der Waals surface area contributed by atoms with Crippen molar-refractivity contribution in [3.05, 3.63) is 69.2 Å². The van der Waals surface area contributed by atoms with Crippen LogP contribution in [0.15, 0.2) is 40.9 Å². The summed E-state index contributed by atoms with van der Waals surface area (Å²) in [5.74, 6) is -2.11. The van der Waals surface area contributed by atoms with Gasteiger partial charge in [0.1, 0.15) is 11.6 Å². The minimum absolute atomic E-state index is 0.0868. The molecule has 0 heterocycles. The van der Waals surface area contributed by atoms with Crippen molar-refractivity contribution in [3.8, 4) is 0 Å². The van der Waals surface area contributed by atoms with Crippen molar-refractivity contribution in [1.82, 2.24) is 10.6 Å². The van der Waals surface area contributed by atoms with Crippen molar-refractivity contribution in [2.45, 2.75) is 6.92 Å². The van der Waals surface area contributed by atoms with Gasteiger partial charge < -0.3 is 10.6 Å². The van der Waals surface area contributed by atoms with Crippen LogP contribution in [0.25, 0.3) is 0 Å². The number of aryl methyl sites for hydroxylation is 1. The summed E-state index contributed by atoms with van der Waals surface area (Å²) >= 11 is 3.17. The molecule has 2 aromatic rings. The van der Waals surface area contributed by atoms with Crippen molar-refractivity contribution in [3.63, 3.8) is 0 Å². The summed E-state index contributed by atoms with van der Waals surface area (Å²) in [6, 6.07) is 8.24. The Morgan fingerprint density at radius 2 is 1.62 bits per heavy atom. The van der Waals surface area contributed by atoms with Crippen molar-refractivity contribution in [2.24, 2.45) is 0 Å². The molecule has 0 unspecified atom stereocenters. The van der Waals surface area contributed by atoms with Gasteiger partial charge in [0.25, 0.3) is 11.8 Å².